The number of nitrogens with one attached hydrogen (secondary N) is 1. The van der Waals surface area contributed by atoms with E-state index >= 15 is 0 Å². The van der Waals surface area contributed by atoms with Crippen molar-refractivity contribution in [2.45, 2.75) is 25.1 Å². The molecular formula is C26H26F3N7O2. The van der Waals surface area contributed by atoms with Crippen LogP contribution >= 0.6 is 0 Å². The summed E-state index contributed by atoms with van der Waals surface area (Å²) in [5.74, 6) is 0.0856. The van der Waals surface area contributed by atoms with Crippen LogP contribution in [0.2, 0.25) is 0 Å². The number of hydrogen-bond acceptors (Lipinski definition) is 7. The number of anilines is 2. The third-order valence-electron chi connectivity index (χ3n) is 6.75. The second-order valence-corrected chi connectivity index (χ2v) is 9.23. The number of aromatic nitrogens is 4. The van der Waals surface area contributed by atoms with Gasteiger partial charge in [0.1, 0.15) is 23.6 Å². The molecule has 0 aliphatic carbocycles. The zero-order chi connectivity index (χ0) is 27.0. The molecule has 1 fully saturated rings. The van der Waals surface area contributed by atoms with E-state index in [-0.39, 0.29) is 11.6 Å². The Labute approximate surface area is 216 Å². The minimum absolute atomic E-state index is 0.0805. The zero-order valence-corrected chi connectivity index (χ0v) is 20.8. The van der Waals surface area contributed by atoms with E-state index in [0.717, 1.165) is 50.2 Å². The number of piperidine rings is 1. The second kappa shape index (κ2) is 9.93. The number of nitrogens with two attached hydrogens (primary N) is 1. The van der Waals surface area contributed by atoms with Crippen molar-refractivity contribution in [1.29, 1.82) is 0 Å². The third-order valence-corrected chi connectivity index (χ3v) is 6.75. The van der Waals surface area contributed by atoms with E-state index in [9.17, 15) is 18.0 Å². The predicted molar refractivity (Wildman–Crippen MR) is 137 cm³/mol. The van der Waals surface area contributed by atoms with E-state index in [4.69, 9.17) is 15.6 Å². The first kappa shape index (κ1) is 25.5. The highest BCUT2D eigenvalue weighted by atomic mass is 19.4. The number of hydrogen-bond donors (Lipinski definition) is 2. The highest BCUT2D eigenvalue weighted by Crippen LogP contribution is 2.37. The average molecular weight is 526 g/mol. The summed E-state index contributed by atoms with van der Waals surface area (Å²) in [6.45, 7) is 1.89. The molecule has 3 heterocycles. The largest absolute Gasteiger partial charge is 0.495 e. The van der Waals surface area contributed by atoms with Crippen LogP contribution in [-0.2, 0) is 6.18 Å². The van der Waals surface area contributed by atoms with Crippen molar-refractivity contribution in [3.8, 4) is 17.0 Å². The molecule has 1 aliphatic heterocycles. The molecule has 3 N–H and O–H groups in total. The van der Waals surface area contributed by atoms with E-state index < -0.39 is 17.6 Å². The highest BCUT2D eigenvalue weighted by Gasteiger charge is 2.30. The maximum Gasteiger partial charge on any atom is 0.416 e. The molecule has 0 spiro atoms. The van der Waals surface area contributed by atoms with Gasteiger partial charge in [-0.25, -0.2) is 14.6 Å². The topological polar surface area (TPSA) is 111 Å². The summed E-state index contributed by atoms with van der Waals surface area (Å²) >= 11 is 0. The lowest BCUT2D eigenvalue weighted by molar-refractivity contribution is -0.137. The van der Waals surface area contributed by atoms with Crippen molar-refractivity contribution in [3.63, 3.8) is 0 Å². The SMILES string of the molecule is COc1cc(-c2nn(C3CCN(C)CC3)c3ncnc(N)c23)ccc1NC(=O)c1ccc(C(F)(F)F)cc1. The van der Waals surface area contributed by atoms with Crippen molar-refractivity contribution in [2.75, 3.05) is 38.3 Å². The fourth-order valence-electron chi connectivity index (χ4n) is 4.64. The van der Waals surface area contributed by atoms with E-state index in [1.54, 1.807) is 18.2 Å². The van der Waals surface area contributed by atoms with Crippen LogP contribution in [0, 0.1) is 0 Å². The number of rotatable bonds is 5. The quantitative estimate of drug-likeness (QED) is 0.391. The molecule has 12 heteroatoms. The first-order valence-electron chi connectivity index (χ1n) is 12.0. The molecule has 0 bridgehead atoms. The molecular weight excluding hydrogens is 499 g/mol. The van der Waals surface area contributed by atoms with Gasteiger partial charge in [0.25, 0.3) is 5.91 Å². The Morgan fingerprint density at radius 3 is 2.47 bits per heavy atom. The standard InChI is InChI=1S/C26H26F3N7O2/c1-35-11-9-18(10-12-35)36-24-21(23(30)31-14-32-24)22(34-36)16-5-8-19(20(13-16)38-2)33-25(37)15-3-6-17(7-4-15)26(27,28)29/h3-8,13-14,18H,9-12H2,1-2H3,(H,33,37)(H2,30,31,32). The van der Waals surface area contributed by atoms with Gasteiger partial charge < -0.3 is 20.7 Å². The third kappa shape index (κ3) is 4.86. The Kier molecular flexibility index (Phi) is 6.66. The van der Waals surface area contributed by atoms with Crippen LogP contribution < -0.4 is 15.8 Å². The number of fused-ring (bicyclic) bond motifs is 1. The summed E-state index contributed by atoms with van der Waals surface area (Å²) in [6, 6.07) is 9.29. The molecule has 198 valence electrons. The number of methoxy groups -OCH3 is 1. The summed E-state index contributed by atoms with van der Waals surface area (Å²) in [7, 11) is 3.55. The fourth-order valence-corrected chi connectivity index (χ4v) is 4.64. The van der Waals surface area contributed by atoms with E-state index in [2.05, 4.69) is 27.2 Å². The van der Waals surface area contributed by atoms with Crippen molar-refractivity contribution in [3.05, 3.63) is 59.9 Å². The summed E-state index contributed by atoms with van der Waals surface area (Å²) in [4.78, 5) is 23.6. The van der Waals surface area contributed by atoms with Crippen molar-refractivity contribution < 1.29 is 22.7 Å². The molecule has 0 atom stereocenters. The molecule has 38 heavy (non-hydrogen) atoms. The number of likely N-dealkylation sites (tertiary alicyclic amines) is 1. The number of halogens is 3. The van der Waals surface area contributed by atoms with Gasteiger partial charge in [0.05, 0.1) is 29.8 Å². The van der Waals surface area contributed by atoms with Crippen LogP contribution in [0.1, 0.15) is 34.8 Å². The van der Waals surface area contributed by atoms with Crippen molar-refractivity contribution in [2.24, 2.45) is 0 Å². The average Bonchev–Trinajstić information content (AvgIpc) is 3.30. The number of carbonyl (C=O) groups excluding carboxylic acids is 1. The van der Waals surface area contributed by atoms with Crippen molar-refractivity contribution in [1.82, 2.24) is 24.6 Å². The molecule has 1 saturated heterocycles. The Morgan fingerprint density at radius 2 is 1.82 bits per heavy atom. The number of alkyl halides is 3. The molecule has 5 rings (SSSR count). The van der Waals surface area contributed by atoms with Crippen LogP contribution in [0.5, 0.6) is 5.75 Å². The number of carbonyl (C=O) groups is 1. The van der Waals surface area contributed by atoms with Gasteiger partial charge >= 0.3 is 6.18 Å². The first-order chi connectivity index (χ1) is 18.2. The number of nitrogens with zero attached hydrogens (tertiary/aromatic N) is 5. The number of benzene rings is 2. The van der Waals surface area contributed by atoms with E-state index in [0.29, 0.717) is 39.5 Å². The van der Waals surface area contributed by atoms with Gasteiger partial charge in [0.2, 0.25) is 0 Å². The second-order valence-electron chi connectivity index (χ2n) is 9.23. The van der Waals surface area contributed by atoms with E-state index in [1.165, 1.54) is 13.4 Å². The lowest BCUT2D eigenvalue weighted by Gasteiger charge is -2.29. The number of nitrogen functional groups attached to an aromatic ring is 1. The van der Waals surface area contributed by atoms with Gasteiger partial charge in [0, 0.05) is 11.1 Å². The van der Waals surface area contributed by atoms with Gasteiger partial charge in [0.15, 0.2) is 5.65 Å². The lowest BCUT2D eigenvalue weighted by atomic mass is 10.1. The van der Waals surface area contributed by atoms with Gasteiger partial charge in [-0.1, -0.05) is 6.07 Å². The fraction of sp³-hybridized carbons (Fsp3) is 0.308. The Balaban J connectivity index is 1.46. The summed E-state index contributed by atoms with van der Waals surface area (Å²) in [5.41, 5.74) is 7.79. The molecule has 2 aromatic heterocycles. The molecule has 1 amide bonds. The monoisotopic (exact) mass is 525 g/mol. The summed E-state index contributed by atoms with van der Waals surface area (Å²) < 4.78 is 46.0. The molecule has 9 nitrogen and oxygen atoms in total. The zero-order valence-electron chi connectivity index (χ0n) is 20.8. The van der Waals surface area contributed by atoms with Gasteiger partial charge in [-0.05, 0) is 69.4 Å². The molecule has 0 unspecified atom stereocenters. The molecule has 1 aliphatic rings. The summed E-state index contributed by atoms with van der Waals surface area (Å²) in [5, 5.41) is 8.23. The highest BCUT2D eigenvalue weighted by molar-refractivity contribution is 6.05. The van der Waals surface area contributed by atoms with E-state index in [1.807, 2.05) is 4.68 Å². The predicted octanol–water partition coefficient (Wildman–Crippen LogP) is 4.62. The molecule has 2 aromatic carbocycles. The lowest BCUT2D eigenvalue weighted by Crippen LogP contribution is -2.31. The van der Waals surface area contributed by atoms with Gasteiger partial charge in [-0.2, -0.15) is 18.3 Å². The Morgan fingerprint density at radius 1 is 1.11 bits per heavy atom. The number of amides is 1. The number of ether oxygens (including phenoxy) is 1. The maximum atomic E-state index is 12.8. The molecule has 4 aromatic rings. The van der Waals surface area contributed by atoms with Crippen LogP contribution in [0.3, 0.4) is 0 Å². The normalized spacial score (nSPS) is 15.1. The first-order valence-corrected chi connectivity index (χ1v) is 12.0. The van der Waals surface area contributed by atoms with Crippen LogP contribution in [0.25, 0.3) is 22.3 Å². The Bertz CT molecular complexity index is 1480. The molecule has 0 saturated carbocycles. The van der Waals surface area contributed by atoms with Crippen LogP contribution in [0.4, 0.5) is 24.7 Å². The van der Waals surface area contributed by atoms with Crippen molar-refractivity contribution >= 4 is 28.4 Å². The minimum Gasteiger partial charge on any atom is -0.495 e. The maximum absolute atomic E-state index is 12.8. The minimum atomic E-state index is -4.48. The van der Waals surface area contributed by atoms with Crippen LogP contribution in [0.15, 0.2) is 48.8 Å². The molecule has 0 radical (unpaired) electrons. The Hall–Kier alpha value is -4.19. The van der Waals surface area contributed by atoms with Gasteiger partial charge in [-0.15, -0.1) is 0 Å². The summed E-state index contributed by atoms with van der Waals surface area (Å²) in [6.07, 6.45) is -1.20. The van der Waals surface area contributed by atoms with Crippen LogP contribution in [-0.4, -0.2) is 57.8 Å². The van der Waals surface area contributed by atoms with Gasteiger partial charge in [-0.3, -0.25) is 4.79 Å². The smallest absolute Gasteiger partial charge is 0.416 e.